The molecule has 0 unspecified atom stereocenters. The number of aryl methyl sites for hydroxylation is 1. The van der Waals surface area contributed by atoms with Gasteiger partial charge in [-0.05, 0) is 49.7 Å². The number of alkyl halides is 3. The second-order valence-electron chi connectivity index (χ2n) is 9.00. The van der Waals surface area contributed by atoms with Crippen molar-refractivity contribution in [2.24, 2.45) is 0 Å². The summed E-state index contributed by atoms with van der Waals surface area (Å²) in [4.78, 5) is 18.3. The highest BCUT2D eigenvalue weighted by molar-refractivity contribution is 5.93. The number of aromatic nitrogens is 3. The molecule has 0 amide bonds. The normalized spacial score (nSPS) is 16.0. The molecule has 1 aliphatic heterocycles. The third-order valence-electron chi connectivity index (χ3n) is 6.48. The summed E-state index contributed by atoms with van der Waals surface area (Å²) in [5.41, 5.74) is -0.0962. The molecule has 0 bridgehead atoms. The number of fused-ring (bicyclic) bond motifs is 1. The Kier molecular flexibility index (Phi) is 6.10. The predicted octanol–water partition coefficient (Wildman–Crippen LogP) is 4.30. The van der Waals surface area contributed by atoms with E-state index >= 15 is 0 Å². The Balaban J connectivity index is 1.80. The molecule has 194 valence electrons. The van der Waals surface area contributed by atoms with Gasteiger partial charge in [0.1, 0.15) is 22.7 Å². The molecule has 0 saturated carbocycles. The van der Waals surface area contributed by atoms with Gasteiger partial charge < -0.3 is 24.5 Å². The van der Waals surface area contributed by atoms with Crippen molar-refractivity contribution in [3.05, 3.63) is 64.1 Å². The zero-order valence-corrected chi connectivity index (χ0v) is 20.4. The highest BCUT2D eigenvalue weighted by atomic mass is 19.4. The van der Waals surface area contributed by atoms with E-state index in [0.717, 1.165) is 10.7 Å². The van der Waals surface area contributed by atoms with Crippen LogP contribution >= 0.6 is 0 Å². The Hall–Kier alpha value is -3.99. The van der Waals surface area contributed by atoms with Crippen LogP contribution in [0.3, 0.4) is 0 Å². The molecule has 1 fully saturated rings. The number of aromatic amines is 1. The number of β-amino-alcohol motifs (C(OH)–C–C–N with tert-alkyl or cyclic N) is 1. The fourth-order valence-corrected chi connectivity index (χ4v) is 4.68. The Morgan fingerprint density at radius 3 is 2.38 bits per heavy atom. The van der Waals surface area contributed by atoms with Gasteiger partial charge >= 0.3 is 6.18 Å². The Labute approximate surface area is 209 Å². The second-order valence-corrected chi connectivity index (χ2v) is 9.00. The lowest BCUT2D eigenvalue weighted by Crippen LogP contribution is -2.26. The third kappa shape index (κ3) is 4.50. The molecule has 4 aromatic rings. The summed E-state index contributed by atoms with van der Waals surface area (Å²) in [6.45, 7) is 2.52. The van der Waals surface area contributed by atoms with Crippen molar-refractivity contribution in [1.29, 1.82) is 0 Å². The van der Waals surface area contributed by atoms with Gasteiger partial charge in [0.15, 0.2) is 0 Å². The largest absolute Gasteiger partial charge is 0.497 e. The van der Waals surface area contributed by atoms with Crippen molar-refractivity contribution < 1.29 is 27.8 Å². The first-order valence-corrected chi connectivity index (χ1v) is 11.6. The zero-order chi connectivity index (χ0) is 26.5. The molecular formula is C26H25F3N4O4. The summed E-state index contributed by atoms with van der Waals surface area (Å²) in [6, 6.07) is 10.3. The van der Waals surface area contributed by atoms with Crippen LogP contribution in [0.25, 0.3) is 27.8 Å². The first-order chi connectivity index (χ1) is 17.6. The molecule has 1 aliphatic rings. The molecule has 1 atom stereocenters. The molecule has 2 aromatic heterocycles. The molecule has 1 saturated heterocycles. The number of hydrogen-bond donors (Lipinski definition) is 2. The fourth-order valence-electron chi connectivity index (χ4n) is 4.68. The van der Waals surface area contributed by atoms with E-state index < -0.39 is 29.1 Å². The maximum atomic E-state index is 14.1. The lowest BCUT2D eigenvalue weighted by atomic mass is 10.1. The van der Waals surface area contributed by atoms with E-state index in [-0.39, 0.29) is 17.8 Å². The summed E-state index contributed by atoms with van der Waals surface area (Å²) in [6.07, 6.45) is -4.80. The molecule has 5 rings (SSSR count). The molecule has 0 radical (unpaired) electrons. The summed E-state index contributed by atoms with van der Waals surface area (Å²) < 4.78 is 53.9. The molecule has 11 heteroatoms. The first-order valence-electron chi connectivity index (χ1n) is 11.6. The van der Waals surface area contributed by atoms with E-state index in [9.17, 15) is 23.1 Å². The van der Waals surface area contributed by atoms with Crippen molar-refractivity contribution in [2.45, 2.75) is 25.6 Å². The summed E-state index contributed by atoms with van der Waals surface area (Å²) in [7, 11) is 2.97. The quantitative estimate of drug-likeness (QED) is 0.413. The molecule has 2 aromatic carbocycles. The summed E-state index contributed by atoms with van der Waals surface area (Å²) in [5.74, 6) is 0.916. The summed E-state index contributed by atoms with van der Waals surface area (Å²) >= 11 is 0. The van der Waals surface area contributed by atoms with Gasteiger partial charge in [-0.15, -0.1) is 0 Å². The van der Waals surface area contributed by atoms with Gasteiger partial charge in [-0.1, -0.05) is 0 Å². The van der Waals surface area contributed by atoms with E-state index in [0.29, 0.717) is 46.8 Å². The van der Waals surface area contributed by atoms with Gasteiger partial charge in [0.05, 0.1) is 31.6 Å². The van der Waals surface area contributed by atoms with E-state index in [1.165, 1.54) is 26.4 Å². The smallest absolute Gasteiger partial charge is 0.418 e. The van der Waals surface area contributed by atoms with E-state index in [4.69, 9.17) is 9.47 Å². The van der Waals surface area contributed by atoms with Crippen LogP contribution in [0.4, 0.5) is 18.9 Å². The number of anilines is 1. The topological polar surface area (TPSA) is 92.6 Å². The maximum absolute atomic E-state index is 14.1. The Morgan fingerprint density at radius 1 is 1.08 bits per heavy atom. The van der Waals surface area contributed by atoms with Gasteiger partial charge in [0.2, 0.25) is 0 Å². The minimum atomic E-state index is -4.74. The van der Waals surface area contributed by atoms with Gasteiger partial charge in [0, 0.05) is 41.5 Å². The van der Waals surface area contributed by atoms with E-state index in [1.54, 1.807) is 36.1 Å². The average molecular weight is 515 g/mol. The fraction of sp³-hybridized carbons (Fsp3) is 0.308. The first kappa shape index (κ1) is 24.7. The average Bonchev–Trinajstić information content (AvgIpc) is 3.48. The van der Waals surface area contributed by atoms with Crippen LogP contribution < -0.4 is 19.9 Å². The highest BCUT2D eigenvalue weighted by Gasteiger charge is 2.36. The number of methoxy groups -OCH3 is 2. The van der Waals surface area contributed by atoms with Crippen LogP contribution in [0.1, 0.15) is 17.7 Å². The number of hydrogen-bond acceptors (Lipinski definition) is 6. The molecule has 0 aliphatic carbocycles. The molecule has 2 N–H and O–H groups in total. The number of rotatable bonds is 5. The molecule has 8 nitrogen and oxygen atoms in total. The van der Waals surface area contributed by atoms with Crippen molar-refractivity contribution >= 4 is 16.6 Å². The number of benzene rings is 2. The van der Waals surface area contributed by atoms with E-state index in [1.807, 2.05) is 0 Å². The van der Waals surface area contributed by atoms with Crippen molar-refractivity contribution in [2.75, 3.05) is 32.2 Å². The van der Waals surface area contributed by atoms with Gasteiger partial charge in [0.25, 0.3) is 5.56 Å². The summed E-state index contributed by atoms with van der Waals surface area (Å²) in [5, 5.41) is 14.9. The highest BCUT2D eigenvalue weighted by Crippen LogP contribution is 2.37. The third-order valence-corrected chi connectivity index (χ3v) is 6.48. The number of ether oxygens (including phenoxy) is 2. The second kappa shape index (κ2) is 9.15. The van der Waals surface area contributed by atoms with Crippen LogP contribution in [-0.4, -0.2) is 53.3 Å². The maximum Gasteiger partial charge on any atom is 0.418 e. The lowest BCUT2D eigenvalue weighted by molar-refractivity contribution is -0.137. The van der Waals surface area contributed by atoms with Gasteiger partial charge in [-0.2, -0.15) is 23.0 Å². The van der Waals surface area contributed by atoms with Crippen molar-refractivity contribution in [3.63, 3.8) is 0 Å². The Morgan fingerprint density at radius 2 is 1.78 bits per heavy atom. The molecule has 3 heterocycles. The van der Waals surface area contributed by atoms with Gasteiger partial charge in [-0.3, -0.25) is 4.79 Å². The van der Waals surface area contributed by atoms with Crippen LogP contribution in [0.15, 0.2) is 47.3 Å². The number of nitrogens with zero attached hydrogens (tertiary/aromatic N) is 3. The predicted molar refractivity (Wildman–Crippen MR) is 133 cm³/mol. The van der Waals surface area contributed by atoms with E-state index in [2.05, 4.69) is 10.1 Å². The molecule has 0 spiro atoms. The number of halogens is 3. The monoisotopic (exact) mass is 514 g/mol. The minimum Gasteiger partial charge on any atom is -0.497 e. The lowest BCUT2D eigenvalue weighted by Gasteiger charge is -2.21. The van der Waals surface area contributed by atoms with Gasteiger partial charge in [-0.25, -0.2) is 0 Å². The SMILES string of the molecule is COc1cc(OC)cc(-c2nn(-c3cc(N4CC[C@H](O)C4)ccc3C(F)(F)F)c(=O)c3[nH]c(C)cc23)c1. The van der Waals surface area contributed by atoms with Crippen LogP contribution in [0.2, 0.25) is 0 Å². The minimum absolute atomic E-state index is 0.124. The number of aliphatic hydroxyl groups is 1. The van der Waals surface area contributed by atoms with Crippen molar-refractivity contribution in [1.82, 2.24) is 14.8 Å². The zero-order valence-electron chi connectivity index (χ0n) is 20.4. The number of nitrogens with one attached hydrogen (secondary N) is 1. The van der Waals surface area contributed by atoms with Crippen LogP contribution in [0, 0.1) is 6.92 Å². The number of H-pyrrole nitrogens is 1. The van der Waals surface area contributed by atoms with Crippen LogP contribution in [0.5, 0.6) is 11.5 Å². The van der Waals surface area contributed by atoms with Crippen molar-refractivity contribution in [3.8, 4) is 28.4 Å². The molecule has 37 heavy (non-hydrogen) atoms. The number of aliphatic hydroxyl groups excluding tert-OH is 1. The standard InChI is InChI=1S/C26H25F3N4O4/c1-14-8-20-23(15-9-18(36-2)12-19(10-15)37-3)31-33(25(35)24(20)30-14)22-11-16(32-7-6-17(34)13-32)4-5-21(22)26(27,28)29/h4-5,8-12,17,30,34H,6-7,13H2,1-3H3/t17-/m0/s1. The molecular weight excluding hydrogens is 489 g/mol. The Bertz CT molecular complexity index is 1520. The van der Waals surface area contributed by atoms with Crippen LogP contribution in [-0.2, 0) is 6.18 Å².